The number of amides is 1. The van der Waals surface area contributed by atoms with Crippen LogP contribution in [0.25, 0.3) is 0 Å². The Kier molecular flexibility index (Phi) is 5.54. The molecule has 0 bridgehead atoms. The molecule has 2 aliphatic rings. The lowest BCUT2D eigenvalue weighted by atomic mass is 9.96. The van der Waals surface area contributed by atoms with Crippen LogP contribution in [0.1, 0.15) is 41.8 Å². The van der Waals surface area contributed by atoms with Gasteiger partial charge in [-0.1, -0.05) is 32.0 Å². The van der Waals surface area contributed by atoms with E-state index < -0.39 is 0 Å². The third-order valence-electron chi connectivity index (χ3n) is 5.65. The van der Waals surface area contributed by atoms with Gasteiger partial charge in [-0.05, 0) is 41.9 Å². The second-order valence-electron chi connectivity index (χ2n) is 8.27. The third kappa shape index (κ3) is 4.00. The third-order valence-corrected chi connectivity index (χ3v) is 5.88. The van der Waals surface area contributed by atoms with Gasteiger partial charge in [0.05, 0.1) is 5.69 Å². The maximum Gasteiger partial charge on any atom is 0.237 e. The van der Waals surface area contributed by atoms with Gasteiger partial charge in [-0.25, -0.2) is 9.97 Å². The number of anilines is 1. The van der Waals surface area contributed by atoms with E-state index in [0.717, 1.165) is 36.9 Å². The van der Waals surface area contributed by atoms with Crippen LogP contribution >= 0.6 is 11.6 Å². The molecule has 1 aliphatic heterocycles. The maximum absolute atomic E-state index is 11.8. The number of halogens is 1. The Labute approximate surface area is 171 Å². The summed E-state index contributed by atoms with van der Waals surface area (Å²) in [7, 11) is 0. The molecule has 5 nitrogen and oxygen atoms in total. The van der Waals surface area contributed by atoms with Crippen molar-refractivity contribution < 1.29 is 4.79 Å². The summed E-state index contributed by atoms with van der Waals surface area (Å²) in [4.78, 5) is 22.8. The number of hydrogen-bond donors (Lipinski definition) is 1. The number of carbonyl (C=O) groups excluding carboxylic acids is 1. The van der Waals surface area contributed by atoms with E-state index in [2.05, 4.69) is 42.3 Å². The Bertz CT molecular complexity index is 883. The van der Waals surface area contributed by atoms with Gasteiger partial charge in [-0.3, -0.25) is 4.79 Å². The first-order chi connectivity index (χ1) is 13.5. The molecule has 0 saturated carbocycles. The zero-order valence-corrected chi connectivity index (χ0v) is 17.3. The molecular formula is C22H27ClN4O. The molecule has 2 heterocycles. The van der Waals surface area contributed by atoms with Gasteiger partial charge in [0, 0.05) is 37.3 Å². The number of hydrogen-bond acceptors (Lipinski definition) is 4. The molecule has 1 aliphatic carbocycles. The molecule has 1 unspecified atom stereocenters. The molecule has 0 radical (unpaired) electrons. The van der Waals surface area contributed by atoms with Gasteiger partial charge in [0.25, 0.3) is 0 Å². The van der Waals surface area contributed by atoms with Gasteiger partial charge < -0.3 is 10.2 Å². The van der Waals surface area contributed by atoms with E-state index in [0.29, 0.717) is 31.0 Å². The summed E-state index contributed by atoms with van der Waals surface area (Å²) >= 11 is 5.68. The molecule has 1 N–H and O–H groups in total. The molecule has 148 valence electrons. The summed E-state index contributed by atoms with van der Waals surface area (Å²) in [5.41, 5.74) is 6.48. The minimum absolute atomic E-state index is 0.0247. The number of rotatable bonds is 5. The van der Waals surface area contributed by atoms with Gasteiger partial charge in [0.15, 0.2) is 0 Å². The van der Waals surface area contributed by atoms with E-state index in [1.807, 2.05) is 6.20 Å². The molecule has 2 aromatic rings. The normalized spacial score (nSPS) is 18.1. The molecule has 1 atom stereocenters. The summed E-state index contributed by atoms with van der Waals surface area (Å²) in [6, 6.07) is 7.03. The van der Waals surface area contributed by atoms with E-state index in [4.69, 9.17) is 16.6 Å². The van der Waals surface area contributed by atoms with Crippen LogP contribution in [0.2, 0.25) is 0 Å². The van der Waals surface area contributed by atoms with Crippen LogP contribution in [0.4, 0.5) is 5.95 Å². The summed E-state index contributed by atoms with van der Waals surface area (Å²) < 4.78 is 0. The lowest BCUT2D eigenvalue weighted by Crippen LogP contribution is -2.37. The quantitative estimate of drug-likeness (QED) is 0.784. The molecule has 0 saturated heterocycles. The molecule has 1 aromatic heterocycles. The van der Waals surface area contributed by atoms with Crippen LogP contribution in [0, 0.1) is 5.92 Å². The average Bonchev–Trinajstić information content (AvgIpc) is 3.10. The molecule has 0 fully saturated rings. The first kappa shape index (κ1) is 19.2. The number of nitrogens with zero attached hydrogens (tertiary/aromatic N) is 3. The Balaban J connectivity index is 1.44. The molecule has 0 spiro atoms. The van der Waals surface area contributed by atoms with Crippen molar-refractivity contribution in [3.63, 3.8) is 0 Å². The largest absolute Gasteiger partial charge is 0.351 e. The van der Waals surface area contributed by atoms with Crippen molar-refractivity contribution in [1.29, 1.82) is 0 Å². The van der Waals surface area contributed by atoms with Crippen molar-refractivity contribution in [1.82, 2.24) is 14.9 Å². The molecular weight excluding hydrogens is 372 g/mol. The fourth-order valence-electron chi connectivity index (χ4n) is 4.32. The second kappa shape index (κ2) is 8.08. The fourth-order valence-corrected chi connectivity index (χ4v) is 4.49. The highest BCUT2D eigenvalue weighted by Gasteiger charge is 2.26. The van der Waals surface area contributed by atoms with Crippen molar-refractivity contribution in [2.45, 2.75) is 52.1 Å². The predicted molar refractivity (Wildman–Crippen MR) is 112 cm³/mol. The summed E-state index contributed by atoms with van der Waals surface area (Å²) in [6.45, 7) is 5.76. The van der Waals surface area contributed by atoms with Crippen molar-refractivity contribution in [2.75, 3.05) is 17.7 Å². The van der Waals surface area contributed by atoms with Gasteiger partial charge >= 0.3 is 0 Å². The van der Waals surface area contributed by atoms with E-state index in [-0.39, 0.29) is 11.8 Å². The monoisotopic (exact) mass is 398 g/mol. The highest BCUT2D eigenvalue weighted by Crippen LogP contribution is 2.29. The number of aromatic nitrogens is 2. The van der Waals surface area contributed by atoms with Crippen molar-refractivity contribution in [2.24, 2.45) is 5.92 Å². The standard InChI is InChI=1S/C22H27ClN4O/c1-14(2)8-15-4-3-5-16-9-18(10-19(15)16)25-22-24-12-17-13-27(21(28)11-23)7-6-20(17)26-22/h3-5,12,14,18H,6-11,13H2,1-2H3,(H,24,25,26). The van der Waals surface area contributed by atoms with Gasteiger partial charge in [0.2, 0.25) is 11.9 Å². The predicted octanol–water partition coefficient (Wildman–Crippen LogP) is 3.38. The SMILES string of the molecule is CC(C)Cc1cccc2c1CC(Nc1ncc3c(n1)CCN(C(=O)CCl)C3)C2. The lowest BCUT2D eigenvalue weighted by molar-refractivity contribution is -0.129. The van der Waals surface area contributed by atoms with Crippen molar-refractivity contribution >= 4 is 23.5 Å². The number of nitrogens with one attached hydrogen (secondary N) is 1. The van der Waals surface area contributed by atoms with E-state index in [1.165, 1.54) is 16.7 Å². The molecule has 1 amide bonds. The van der Waals surface area contributed by atoms with Crippen molar-refractivity contribution in [3.8, 4) is 0 Å². The number of carbonyl (C=O) groups is 1. The Hall–Kier alpha value is -2.14. The first-order valence-corrected chi connectivity index (χ1v) is 10.6. The summed E-state index contributed by atoms with van der Waals surface area (Å²) in [6.07, 6.45) is 5.77. The molecule has 1 aromatic carbocycles. The number of alkyl halides is 1. The van der Waals surface area contributed by atoms with Crippen molar-refractivity contribution in [3.05, 3.63) is 52.3 Å². The molecule has 28 heavy (non-hydrogen) atoms. The molecule has 6 heteroatoms. The lowest BCUT2D eigenvalue weighted by Gasteiger charge is -2.27. The van der Waals surface area contributed by atoms with Gasteiger partial charge in [-0.15, -0.1) is 11.6 Å². The fraction of sp³-hybridized carbons (Fsp3) is 0.500. The second-order valence-corrected chi connectivity index (χ2v) is 8.53. The van der Waals surface area contributed by atoms with Crippen LogP contribution in [0.15, 0.2) is 24.4 Å². The van der Waals surface area contributed by atoms with E-state index in [1.54, 1.807) is 4.90 Å². The van der Waals surface area contributed by atoms with E-state index in [9.17, 15) is 4.79 Å². The topological polar surface area (TPSA) is 58.1 Å². The minimum Gasteiger partial charge on any atom is -0.351 e. The van der Waals surface area contributed by atoms with Crippen LogP contribution < -0.4 is 5.32 Å². The van der Waals surface area contributed by atoms with E-state index >= 15 is 0 Å². The number of benzene rings is 1. The van der Waals surface area contributed by atoms with Crippen LogP contribution in [0.5, 0.6) is 0 Å². The summed E-state index contributed by atoms with van der Waals surface area (Å²) in [5.74, 6) is 1.35. The zero-order valence-electron chi connectivity index (χ0n) is 16.5. The number of fused-ring (bicyclic) bond motifs is 2. The smallest absolute Gasteiger partial charge is 0.237 e. The highest BCUT2D eigenvalue weighted by atomic mass is 35.5. The summed E-state index contributed by atoms with van der Waals surface area (Å²) in [5, 5.41) is 3.54. The average molecular weight is 399 g/mol. The first-order valence-electron chi connectivity index (χ1n) is 10.1. The maximum atomic E-state index is 11.8. The Morgan fingerprint density at radius 1 is 1.32 bits per heavy atom. The minimum atomic E-state index is -0.0320. The van der Waals surface area contributed by atoms with Crippen LogP contribution in [-0.4, -0.2) is 39.2 Å². The Morgan fingerprint density at radius 3 is 2.96 bits per heavy atom. The van der Waals surface area contributed by atoms with Gasteiger partial charge in [0.1, 0.15) is 5.88 Å². The highest BCUT2D eigenvalue weighted by molar-refractivity contribution is 6.27. The van der Waals surface area contributed by atoms with Crippen LogP contribution in [0.3, 0.4) is 0 Å². The Morgan fingerprint density at radius 2 is 2.18 bits per heavy atom. The van der Waals surface area contributed by atoms with Crippen LogP contribution in [-0.2, 0) is 37.0 Å². The molecule has 4 rings (SSSR count). The van der Waals surface area contributed by atoms with Gasteiger partial charge in [-0.2, -0.15) is 0 Å². The zero-order chi connectivity index (χ0) is 19.7.